The number of esters is 1. The number of benzene rings is 2. The Morgan fingerprint density at radius 2 is 1.88 bits per heavy atom. The third kappa shape index (κ3) is 5.95. The van der Waals surface area contributed by atoms with Gasteiger partial charge in [-0.05, 0) is 60.7 Å². The maximum absolute atomic E-state index is 12.4. The second-order valence-corrected chi connectivity index (χ2v) is 7.77. The summed E-state index contributed by atoms with van der Waals surface area (Å²) in [6, 6.07) is 10.2. The fraction of sp³-hybridized carbons (Fsp3) is 0.227. The average molecular weight is 477 g/mol. The molecule has 0 saturated carbocycles. The topological polar surface area (TPSA) is 95.5 Å². The molecule has 0 aromatic heterocycles. The highest BCUT2D eigenvalue weighted by Crippen LogP contribution is 2.35. The molecule has 0 aliphatic carbocycles. The minimum atomic E-state index is -0.470. The third-order valence-corrected chi connectivity index (χ3v) is 5.30. The fourth-order valence-electron chi connectivity index (χ4n) is 2.72. The summed E-state index contributed by atoms with van der Waals surface area (Å²) < 4.78 is 20.9. The van der Waals surface area contributed by atoms with Gasteiger partial charge in [-0.15, -0.1) is 0 Å². The highest BCUT2D eigenvalue weighted by molar-refractivity contribution is 8.18. The molecule has 10 heteroatoms. The minimum absolute atomic E-state index is 0.227. The fourth-order valence-corrected chi connectivity index (χ4v) is 3.73. The van der Waals surface area contributed by atoms with E-state index in [1.807, 2.05) is 0 Å². The van der Waals surface area contributed by atoms with Gasteiger partial charge in [0.1, 0.15) is 11.4 Å². The first kappa shape index (κ1) is 23.5. The first-order valence-electron chi connectivity index (χ1n) is 9.53. The van der Waals surface area contributed by atoms with E-state index in [1.165, 1.54) is 26.0 Å². The summed E-state index contributed by atoms with van der Waals surface area (Å²) in [6.45, 7) is 1.77. The number of nitrogens with one attached hydrogen (secondary N) is 1. The van der Waals surface area contributed by atoms with Gasteiger partial charge in [-0.2, -0.15) is 0 Å². The van der Waals surface area contributed by atoms with Gasteiger partial charge in [0.25, 0.3) is 5.91 Å². The van der Waals surface area contributed by atoms with Crippen LogP contribution in [0.3, 0.4) is 0 Å². The molecule has 1 heterocycles. The number of aliphatic imine (C=N–C) groups is 1. The van der Waals surface area contributed by atoms with Gasteiger partial charge in [-0.1, -0.05) is 17.7 Å². The van der Waals surface area contributed by atoms with Gasteiger partial charge < -0.3 is 24.3 Å². The predicted molar refractivity (Wildman–Crippen MR) is 124 cm³/mol. The molecule has 1 aliphatic heterocycles. The molecule has 1 aliphatic rings. The molecular formula is C22H21ClN2O6S. The van der Waals surface area contributed by atoms with Crippen molar-refractivity contribution < 1.29 is 28.5 Å². The lowest BCUT2D eigenvalue weighted by Gasteiger charge is -2.11. The van der Waals surface area contributed by atoms with Gasteiger partial charge in [-0.3, -0.25) is 4.79 Å². The number of amidine groups is 1. The number of carbonyl (C=O) groups excluding carboxylic acids is 2. The molecular weight excluding hydrogens is 456 g/mol. The molecule has 1 fully saturated rings. The number of nitrogens with zero attached hydrogens (tertiary/aromatic N) is 1. The quantitative estimate of drug-likeness (QED) is 0.450. The summed E-state index contributed by atoms with van der Waals surface area (Å²) in [6.07, 6.45) is 1.70. The molecule has 0 bridgehead atoms. The van der Waals surface area contributed by atoms with Crippen LogP contribution in [0.4, 0.5) is 5.69 Å². The predicted octanol–water partition coefficient (Wildman–Crippen LogP) is 4.19. The van der Waals surface area contributed by atoms with E-state index in [0.29, 0.717) is 43.6 Å². The monoisotopic (exact) mass is 476 g/mol. The second-order valence-electron chi connectivity index (χ2n) is 6.30. The molecule has 168 valence electrons. The number of ether oxygens (including phenoxy) is 4. The molecule has 3 rings (SSSR count). The Kier molecular flexibility index (Phi) is 8.02. The maximum atomic E-state index is 12.4. The van der Waals surface area contributed by atoms with Crippen molar-refractivity contribution in [2.45, 2.75) is 6.92 Å². The summed E-state index contributed by atoms with van der Waals surface area (Å²) in [5.74, 6) is 0.600. The molecule has 0 radical (unpaired) electrons. The summed E-state index contributed by atoms with van der Waals surface area (Å²) in [5.41, 5.74) is 1.22. The van der Waals surface area contributed by atoms with Crippen molar-refractivity contribution in [2.24, 2.45) is 4.99 Å². The van der Waals surface area contributed by atoms with Crippen LogP contribution in [0.1, 0.15) is 12.5 Å². The van der Waals surface area contributed by atoms with Crippen LogP contribution in [0, 0.1) is 0 Å². The summed E-state index contributed by atoms with van der Waals surface area (Å²) >= 11 is 7.23. The molecule has 2 aromatic rings. The third-order valence-electron chi connectivity index (χ3n) is 4.15. The Morgan fingerprint density at radius 3 is 2.59 bits per heavy atom. The van der Waals surface area contributed by atoms with Gasteiger partial charge in [0.2, 0.25) is 0 Å². The van der Waals surface area contributed by atoms with Gasteiger partial charge >= 0.3 is 5.97 Å². The first-order valence-corrected chi connectivity index (χ1v) is 10.7. The highest BCUT2D eigenvalue weighted by atomic mass is 35.5. The van der Waals surface area contributed by atoms with Crippen LogP contribution < -0.4 is 19.5 Å². The minimum Gasteiger partial charge on any atom is -0.494 e. The number of hydrogen-bond acceptors (Lipinski definition) is 8. The van der Waals surface area contributed by atoms with E-state index in [9.17, 15) is 9.59 Å². The normalized spacial score (nSPS) is 15.6. The number of carbonyl (C=O) groups is 2. The number of hydrogen-bond donors (Lipinski definition) is 1. The Balaban J connectivity index is 1.78. The van der Waals surface area contributed by atoms with Crippen molar-refractivity contribution >= 4 is 52.2 Å². The lowest BCUT2D eigenvalue weighted by molar-refractivity contribution is -0.145. The van der Waals surface area contributed by atoms with Crippen LogP contribution in [0.25, 0.3) is 6.08 Å². The Hall–Kier alpha value is -3.17. The van der Waals surface area contributed by atoms with E-state index in [1.54, 1.807) is 49.4 Å². The largest absolute Gasteiger partial charge is 0.494 e. The zero-order chi connectivity index (χ0) is 23.1. The zero-order valence-electron chi connectivity index (χ0n) is 17.6. The SMILES string of the molecule is CCOC(=O)COc1ccc(/C=C2\SC(=Nc3cc(Cl)ccc3OC)NC2=O)cc1OC. The van der Waals surface area contributed by atoms with E-state index in [-0.39, 0.29) is 19.1 Å². The van der Waals surface area contributed by atoms with Crippen LogP contribution in [-0.2, 0) is 14.3 Å². The zero-order valence-corrected chi connectivity index (χ0v) is 19.2. The molecule has 2 aromatic carbocycles. The summed E-state index contributed by atoms with van der Waals surface area (Å²) in [7, 11) is 3.02. The van der Waals surface area contributed by atoms with Crippen molar-refractivity contribution in [2.75, 3.05) is 27.4 Å². The number of thioether (sulfide) groups is 1. The van der Waals surface area contributed by atoms with E-state index in [2.05, 4.69) is 10.3 Å². The molecule has 0 unspecified atom stereocenters. The van der Waals surface area contributed by atoms with E-state index in [4.69, 9.17) is 30.5 Å². The van der Waals surface area contributed by atoms with E-state index in [0.717, 1.165) is 0 Å². The van der Waals surface area contributed by atoms with Gasteiger partial charge in [0.15, 0.2) is 23.3 Å². The van der Waals surface area contributed by atoms with Crippen LogP contribution in [0.5, 0.6) is 17.2 Å². The molecule has 32 heavy (non-hydrogen) atoms. The standard InChI is InChI=1S/C22H21ClN2O6S/c1-4-30-20(26)12-31-17-7-5-13(9-18(17)29-3)10-19-21(27)25-22(32-19)24-15-11-14(23)6-8-16(15)28-2/h5-11H,4,12H2,1-3H3,(H,24,25,27)/b19-10-. The van der Waals surface area contributed by atoms with Gasteiger partial charge in [-0.25, -0.2) is 9.79 Å². The van der Waals surface area contributed by atoms with E-state index >= 15 is 0 Å². The number of amides is 1. The molecule has 1 amide bonds. The van der Waals surface area contributed by atoms with Crippen LogP contribution in [-0.4, -0.2) is 44.5 Å². The Bertz CT molecular complexity index is 1090. The lowest BCUT2D eigenvalue weighted by Crippen LogP contribution is -2.19. The Morgan fingerprint density at radius 1 is 1.12 bits per heavy atom. The van der Waals surface area contributed by atoms with Gasteiger partial charge in [0.05, 0.1) is 25.7 Å². The Labute approximate surface area is 194 Å². The number of rotatable bonds is 8. The number of halogens is 1. The van der Waals surface area contributed by atoms with Gasteiger partial charge in [0, 0.05) is 5.02 Å². The van der Waals surface area contributed by atoms with E-state index < -0.39 is 5.97 Å². The number of methoxy groups -OCH3 is 2. The van der Waals surface area contributed by atoms with Crippen molar-refractivity contribution in [1.82, 2.24) is 5.32 Å². The maximum Gasteiger partial charge on any atom is 0.344 e. The van der Waals surface area contributed by atoms with Crippen LogP contribution >= 0.6 is 23.4 Å². The van der Waals surface area contributed by atoms with Crippen LogP contribution in [0.15, 0.2) is 46.3 Å². The van der Waals surface area contributed by atoms with Crippen LogP contribution in [0.2, 0.25) is 5.02 Å². The highest BCUT2D eigenvalue weighted by Gasteiger charge is 2.24. The summed E-state index contributed by atoms with van der Waals surface area (Å²) in [4.78, 5) is 28.8. The molecule has 1 N–H and O–H groups in total. The molecule has 1 saturated heterocycles. The molecule has 8 nitrogen and oxygen atoms in total. The smallest absolute Gasteiger partial charge is 0.344 e. The second kappa shape index (κ2) is 10.9. The van der Waals surface area contributed by atoms with Crippen molar-refractivity contribution in [1.29, 1.82) is 0 Å². The van der Waals surface area contributed by atoms with Crippen molar-refractivity contribution in [3.8, 4) is 17.2 Å². The molecule has 0 atom stereocenters. The summed E-state index contributed by atoms with van der Waals surface area (Å²) in [5, 5.41) is 3.64. The first-order chi connectivity index (χ1) is 15.4. The lowest BCUT2D eigenvalue weighted by atomic mass is 10.2. The molecule has 0 spiro atoms. The average Bonchev–Trinajstić information content (AvgIpc) is 3.11. The van der Waals surface area contributed by atoms with Crippen molar-refractivity contribution in [3.05, 3.63) is 51.9 Å². The van der Waals surface area contributed by atoms with Crippen molar-refractivity contribution in [3.63, 3.8) is 0 Å².